The lowest BCUT2D eigenvalue weighted by atomic mass is 10.0. The van der Waals surface area contributed by atoms with Crippen LogP contribution in [0.15, 0.2) is 54.7 Å². The third-order valence-corrected chi connectivity index (χ3v) is 8.43. The number of rotatable bonds is 9. The highest BCUT2D eigenvalue weighted by atomic mass is 19.4. The molecule has 47 heavy (non-hydrogen) atoms. The van der Waals surface area contributed by atoms with Crippen LogP contribution < -0.4 is 24.2 Å². The van der Waals surface area contributed by atoms with Crippen molar-refractivity contribution in [3.05, 3.63) is 54.7 Å². The van der Waals surface area contributed by atoms with Crippen molar-refractivity contribution in [1.29, 1.82) is 0 Å². The minimum atomic E-state index is -5.29. The number of carbonyl (C=O) groups excluding carboxylic acids is 1. The second kappa shape index (κ2) is 13.5. The van der Waals surface area contributed by atoms with E-state index in [2.05, 4.69) is 19.9 Å². The molecule has 2 aromatic carbocycles. The van der Waals surface area contributed by atoms with Crippen LogP contribution in [0.5, 0.6) is 17.2 Å². The lowest BCUT2D eigenvalue weighted by molar-refractivity contribution is -0.200. The SMILES string of the molecule is COc1cc(N2CCC(N3CCOCC3)CC2)ccc1N(OC(=O)C(F)(F)F)c1ncc2ccc(-c3c(OC)cccc3OC)n2n1. The van der Waals surface area contributed by atoms with Crippen molar-refractivity contribution in [3.63, 3.8) is 0 Å². The second-order valence-corrected chi connectivity index (χ2v) is 11.0. The standard InChI is InChI=1S/C32H35F3N6O6/c1-43-26-5-4-6-27(44-2)29(26)25-10-8-23-20-36-31(37-40(23)25)41(47-30(42)32(33,34)35)24-9-7-22(19-28(24)45-3)38-13-11-21(12-14-38)39-15-17-46-18-16-39/h4-10,19-21H,11-18H2,1-3H3. The number of piperidine rings is 1. The van der Waals surface area contributed by atoms with E-state index in [-0.39, 0.29) is 17.4 Å². The summed E-state index contributed by atoms with van der Waals surface area (Å²) in [6, 6.07) is 14.2. The summed E-state index contributed by atoms with van der Waals surface area (Å²) in [5, 5.41) is 5.14. The molecule has 4 aromatic rings. The van der Waals surface area contributed by atoms with Crippen LogP contribution in [0.4, 0.5) is 30.5 Å². The Bertz CT molecular complexity index is 1700. The van der Waals surface area contributed by atoms with E-state index in [0.717, 1.165) is 57.9 Å². The number of aromatic nitrogens is 3. The first-order valence-corrected chi connectivity index (χ1v) is 15.1. The van der Waals surface area contributed by atoms with Crippen LogP contribution in [0, 0.1) is 0 Å². The number of hydrogen-bond donors (Lipinski definition) is 0. The van der Waals surface area contributed by atoms with Crippen molar-refractivity contribution in [3.8, 4) is 28.5 Å². The molecule has 6 rings (SSSR count). The number of halogens is 3. The first kappa shape index (κ1) is 32.2. The largest absolute Gasteiger partial charge is 0.496 e. The predicted octanol–water partition coefficient (Wildman–Crippen LogP) is 4.88. The predicted molar refractivity (Wildman–Crippen MR) is 166 cm³/mol. The maximum absolute atomic E-state index is 13.5. The van der Waals surface area contributed by atoms with Gasteiger partial charge in [0.25, 0.3) is 5.95 Å². The Morgan fingerprint density at radius 2 is 1.60 bits per heavy atom. The van der Waals surface area contributed by atoms with Gasteiger partial charge in [0.15, 0.2) is 0 Å². The van der Waals surface area contributed by atoms with Gasteiger partial charge in [-0.2, -0.15) is 13.2 Å². The molecule has 0 amide bonds. The fraction of sp³-hybridized carbons (Fsp3) is 0.406. The molecule has 0 spiro atoms. The summed E-state index contributed by atoms with van der Waals surface area (Å²) in [6.45, 7) is 4.91. The van der Waals surface area contributed by atoms with E-state index < -0.39 is 12.1 Å². The Kier molecular flexibility index (Phi) is 9.27. The molecule has 12 nitrogen and oxygen atoms in total. The summed E-state index contributed by atoms with van der Waals surface area (Å²) < 4.78 is 64.3. The number of morpholine rings is 1. The fourth-order valence-electron chi connectivity index (χ4n) is 6.07. The maximum atomic E-state index is 13.5. The lowest BCUT2D eigenvalue weighted by Crippen LogP contribution is -2.49. The molecule has 0 radical (unpaired) electrons. The van der Waals surface area contributed by atoms with Crippen molar-refractivity contribution in [2.75, 3.05) is 70.7 Å². The van der Waals surface area contributed by atoms with Crippen molar-refractivity contribution in [1.82, 2.24) is 19.5 Å². The van der Waals surface area contributed by atoms with Crippen molar-refractivity contribution >= 4 is 28.8 Å². The Balaban J connectivity index is 1.36. The molecule has 2 aromatic heterocycles. The van der Waals surface area contributed by atoms with Crippen LogP contribution >= 0.6 is 0 Å². The van der Waals surface area contributed by atoms with E-state index in [1.165, 1.54) is 38.1 Å². The number of hydrogen-bond acceptors (Lipinski definition) is 11. The van der Waals surface area contributed by atoms with Crippen LogP contribution in [0.1, 0.15) is 12.8 Å². The zero-order valence-electron chi connectivity index (χ0n) is 26.2. The molecule has 0 unspecified atom stereocenters. The smallest absolute Gasteiger partial charge is 0.493 e. The Morgan fingerprint density at radius 1 is 0.915 bits per heavy atom. The number of benzene rings is 2. The van der Waals surface area contributed by atoms with Gasteiger partial charge in [0.2, 0.25) is 0 Å². The van der Waals surface area contributed by atoms with Gasteiger partial charge in [0.1, 0.15) is 22.9 Å². The molecule has 2 aliphatic rings. The van der Waals surface area contributed by atoms with E-state index >= 15 is 0 Å². The van der Waals surface area contributed by atoms with E-state index in [9.17, 15) is 18.0 Å². The molecule has 15 heteroatoms. The van der Waals surface area contributed by atoms with E-state index in [1.807, 2.05) is 0 Å². The van der Waals surface area contributed by atoms with Crippen molar-refractivity contribution in [2.45, 2.75) is 25.1 Å². The molecule has 0 saturated carbocycles. The summed E-state index contributed by atoms with van der Waals surface area (Å²) >= 11 is 0. The summed E-state index contributed by atoms with van der Waals surface area (Å²) in [4.78, 5) is 26.1. The Morgan fingerprint density at radius 3 is 2.23 bits per heavy atom. The van der Waals surface area contributed by atoms with Crippen LogP contribution in [0.2, 0.25) is 0 Å². The van der Waals surface area contributed by atoms with Crippen molar-refractivity contribution in [2.24, 2.45) is 0 Å². The number of ether oxygens (including phenoxy) is 4. The highest BCUT2D eigenvalue weighted by molar-refractivity contribution is 5.80. The molecule has 0 N–H and O–H groups in total. The number of methoxy groups -OCH3 is 3. The number of fused-ring (bicyclic) bond motifs is 1. The molecular weight excluding hydrogens is 621 g/mol. The van der Waals surface area contributed by atoms with Gasteiger partial charge < -0.3 is 28.7 Å². The van der Waals surface area contributed by atoms with Gasteiger partial charge in [0.05, 0.1) is 57.5 Å². The molecule has 0 atom stereocenters. The average molecular weight is 657 g/mol. The van der Waals surface area contributed by atoms with Gasteiger partial charge >= 0.3 is 12.1 Å². The quantitative estimate of drug-likeness (QED) is 0.230. The second-order valence-electron chi connectivity index (χ2n) is 11.0. The Hall–Kier alpha value is -4.76. The molecule has 2 saturated heterocycles. The topological polar surface area (TPSA) is 103 Å². The number of nitrogens with zero attached hydrogens (tertiary/aromatic N) is 6. The monoisotopic (exact) mass is 656 g/mol. The van der Waals surface area contributed by atoms with Gasteiger partial charge in [0, 0.05) is 44.0 Å². The van der Waals surface area contributed by atoms with Crippen molar-refractivity contribution < 1.29 is 41.8 Å². The average Bonchev–Trinajstić information content (AvgIpc) is 3.52. The third kappa shape index (κ3) is 6.58. The van der Waals surface area contributed by atoms with E-state index in [4.69, 9.17) is 23.8 Å². The molecule has 250 valence electrons. The normalized spacial score (nSPS) is 16.3. The van der Waals surface area contributed by atoms with Crippen LogP contribution in [-0.4, -0.2) is 98.4 Å². The number of anilines is 3. The minimum Gasteiger partial charge on any atom is -0.496 e. The Labute approximate surface area is 269 Å². The highest BCUT2D eigenvalue weighted by Crippen LogP contribution is 2.40. The summed E-state index contributed by atoms with van der Waals surface area (Å²) in [6.07, 6.45) is -1.96. The maximum Gasteiger partial charge on any atom is 0.493 e. The first-order valence-electron chi connectivity index (χ1n) is 15.1. The zero-order valence-corrected chi connectivity index (χ0v) is 26.2. The minimum absolute atomic E-state index is 0.0000176. The summed E-state index contributed by atoms with van der Waals surface area (Å²) in [7, 11) is 4.41. The number of alkyl halides is 3. The zero-order chi connectivity index (χ0) is 33.1. The van der Waals surface area contributed by atoms with Gasteiger partial charge in [-0.1, -0.05) is 6.07 Å². The van der Waals surface area contributed by atoms with Gasteiger partial charge in [-0.25, -0.2) is 14.3 Å². The molecule has 2 aliphatic heterocycles. The van der Waals surface area contributed by atoms with Crippen LogP contribution in [-0.2, 0) is 14.4 Å². The van der Waals surface area contributed by atoms with E-state index in [1.54, 1.807) is 42.5 Å². The molecule has 2 fully saturated rings. The summed E-state index contributed by atoms with van der Waals surface area (Å²) in [5.74, 6) is -1.67. The molecular formula is C32H35F3N6O6. The number of carbonyl (C=O) groups is 1. The summed E-state index contributed by atoms with van der Waals surface area (Å²) in [5.41, 5.74) is 2.39. The van der Waals surface area contributed by atoms with E-state index in [0.29, 0.717) is 39.4 Å². The lowest BCUT2D eigenvalue weighted by Gasteiger charge is -2.41. The molecule has 4 heterocycles. The fourth-order valence-corrected chi connectivity index (χ4v) is 6.07. The first-order chi connectivity index (χ1) is 22.7. The van der Waals surface area contributed by atoms with Gasteiger partial charge in [-0.05, 0) is 49.2 Å². The molecule has 0 bridgehead atoms. The van der Waals surface area contributed by atoms with Crippen LogP contribution in [0.25, 0.3) is 16.8 Å². The van der Waals surface area contributed by atoms with Crippen LogP contribution in [0.3, 0.4) is 0 Å². The van der Waals surface area contributed by atoms with Gasteiger partial charge in [-0.3, -0.25) is 4.90 Å². The third-order valence-electron chi connectivity index (χ3n) is 8.43. The molecule has 0 aliphatic carbocycles. The highest BCUT2D eigenvalue weighted by Gasteiger charge is 2.44. The van der Waals surface area contributed by atoms with Gasteiger partial charge in [-0.15, -0.1) is 10.2 Å².